The van der Waals surface area contributed by atoms with Gasteiger partial charge in [0.05, 0.1) is 0 Å². The smallest absolute Gasteiger partial charge is 0.407 e. The van der Waals surface area contributed by atoms with E-state index in [1.807, 2.05) is 32.5 Å². The molecule has 90 valence electrons. The molecule has 3 nitrogen and oxygen atoms in total. The van der Waals surface area contributed by atoms with E-state index >= 15 is 0 Å². The summed E-state index contributed by atoms with van der Waals surface area (Å²) in [5.41, 5.74) is -0.400. The average molecular weight is 233 g/mol. The highest BCUT2D eigenvalue weighted by atomic mass is 32.2. The van der Waals surface area contributed by atoms with Crippen molar-refractivity contribution in [2.45, 2.75) is 45.6 Å². The molecule has 0 saturated carbocycles. The Hall–Kier alpha value is -0.380. The third-order valence-electron chi connectivity index (χ3n) is 1.69. The van der Waals surface area contributed by atoms with E-state index < -0.39 is 5.60 Å². The lowest BCUT2D eigenvalue weighted by Crippen LogP contribution is -2.32. The van der Waals surface area contributed by atoms with E-state index in [-0.39, 0.29) is 6.09 Å². The number of hydrogen-bond donors (Lipinski definition) is 1. The number of unbranched alkanes of at least 4 members (excludes halogenated alkanes) is 2. The lowest BCUT2D eigenvalue weighted by atomic mass is 10.2. The number of amides is 1. The van der Waals surface area contributed by atoms with Gasteiger partial charge in [-0.05, 0) is 45.6 Å². The third kappa shape index (κ3) is 11.5. The molecule has 0 unspecified atom stereocenters. The van der Waals surface area contributed by atoms with Crippen molar-refractivity contribution in [3.8, 4) is 0 Å². The Morgan fingerprint density at radius 2 is 1.93 bits per heavy atom. The summed E-state index contributed by atoms with van der Waals surface area (Å²) in [4.78, 5) is 11.2. The maximum absolute atomic E-state index is 11.2. The van der Waals surface area contributed by atoms with Gasteiger partial charge >= 0.3 is 6.09 Å². The van der Waals surface area contributed by atoms with E-state index in [4.69, 9.17) is 4.74 Å². The molecular weight excluding hydrogens is 210 g/mol. The van der Waals surface area contributed by atoms with Gasteiger partial charge in [0, 0.05) is 6.54 Å². The van der Waals surface area contributed by atoms with Crippen LogP contribution in [0, 0.1) is 0 Å². The van der Waals surface area contributed by atoms with Gasteiger partial charge in [-0.3, -0.25) is 0 Å². The van der Waals surface area contributed by atoms with Crippen LogP contribution in [0.25, 0.3) is 0 Å². The van der Waals surface area contributed by atoms with Crippen molar-refractivity contribution >= 4 is 17.9 Å². The van der Waals surface area contributed by atoms with Crippen LogP contribution in [0.3, 0.4) is 0 Å². The molecule has 0 rings (SSSR count). The van der Waals surface area contributed by atoms with Crippen molar-refractivity contribution in [1.29, 1.82) is 0 Å². The Bertz CT molecular complexity index is 178. The molecule has 0 fully saturated rings. The van der Waals surface area contributed by atoms with Gasteiger partial charge in [0.25, 0.3) is 0 Å². The highest BCUT2D eigenvalue weighted by Crippen LogP contribution is 2.06. The highest BCUT2D eigenvalue weighted by molar-refractivity contribution is 7.98. The zero-order chi connectivity index (χ0) is 11.7. The monoisotopic (exact) mass is 233 g/mol. The van der Waals surface area contributed by atoms with E-state index in [1.54, 1.807) is 0 Å². The molecule has 0 bridgehead atoms. The molecule has 0 radical (unpaired) electrons. The molecule has 0 heterocycles. The molecule has 0 aliphatic carbocycles. The molecule has 1 N–H and O–H groups in total. The maximum atomic E-state index is 11.2. The summed E-state index contributed by atoms with van der Waals surface area (Å²) in [6.45, 7) is 6.31. The van der Waals surface area contributed by atoms with Crippen LogP contribution in [0.1, 0.15) is 40.0 Å². The molecule has 0 aliphatic rings. The predicted molar refractivity (Wildman–Crippen MR) is 66.5 cm³/mol. The number of thioether (sulfide) groups is 1. The van der Waals surface area contributed by atoms with Crippen LogP contribution in [0.4, 0.5) is 4.79 Å². The molecule has 1 amide bonds. The van der Waals surface area contributed by atoms with Crippen molar-refractivity contribution in [3.05, 3.63) is 0 Å². The number of rotatable bonds is 6. The number of ether oxygens (including phenoxy) is 1. The second-order valence-electron chi connectivity index (χ2n) is 4.48. The fourth-order valence-electron chi connectivity index (χ4n) is 1.05. The Labute approximate surface area is 97.3 Å². The Balaban J connectivity index is 3.32. The molecule has 0 spiro atoms. The minimum atomic E-state index is -0.400. The van der Waals surface area contributed by atoms with Crippen LogP contribution in [0.5, 0.6) is 0 Å². The zero-order valence-electron chi connectivity index (χ0n) is 10.3. The summed E-state index contributed by atoms with van der Waals surface area (Å²) in [6.07, 6.45) is 5.21. The SMILES string of the molecule is CSCCCCCNC(=O)OC(C)(C)C. The summed E-state index contributed by atoms with van der Waals surface area (Å²) < 4.78 is 5.11. The number of hydrogen-bond acceptors (Lipinski definition) is 3. The maximum Gasteiger partial charge on any atom is 0.407 e. The van der Waals surface area contributed by atoms with E-state index in [0.29, 0.717) is 6.54 Å². The van der Waals surface area contributed by atoms with Crippen LogP contribution in [0.15, 0.2) is 0 Å². The Morgan fingerprint density at radius 3 is 2.47 bits per heavy atom. The third-order valence-corrected chi connectivity index (χ3v) is 2.39. The molecular formula is C11H23NO2S. The summed E-state index contributed by atoms with van der Waals surface area (Å²) in [5, 5.41) is 2.75. The standard InChI is InChI=1S/C11H23NO2S/c1-11(2,3)14-10(13)12-8-6-5-7-9-15-4/h5-9H2,1-4H3,(H,12,13). The van der Waals surface area contributed by atoms with E-state index in [2.05, 4.69) is 11.6 Å². The van der Waals surface area contributed by atoms with Crippen molar-refractivity contribution in [2.24, 2.45) is 0 Å². The first-order chi connectivity index (χ1) is 6.95. The van der Waals surface area contributed by atoms with Gasteiger partial charge in [-0.15, -0.1) is 0 Å². The zero-order valence-corrected chi connectivity index (χ0v) is 11.1. The Morgan fingerprint density at radius 1 is 1.27 bits per heavy atom. The normalized spacial score (nSPS) is 11.2. The molecule has 15 heavy (non-hydrogen) atoms. The summed E-state index contributed by atoms with van der Waals surface area (Å²) in [7, 11) is 0. The van der Waals surface area contributed by atoms with Crippen molar-refractivity contribution in [3.63, 3.8) is 0 Å². The van der Waals surface area contributed by atoms with Crippen molar-refractivity contribution < 1.29 is 9.53 Å². The fraction of sp³-hybridized carbons (Fsp3) is 0.909. The first kappa shape index (κ1) is 14.6. The van der Waals surface area contributed by atoms with Crippen LogP contribution in [-0.2, 0) is 4.74 Å². The predicted octanol–water partition coefficient (Wildman–Crippen LogP) is 3.04. The van der Waals surface area contributed by atoms with Crippen molar-refractivity contribution in [2.75, 3.05) is 18.6 Å². The van der Waals surface area contributed by atoms with E-state index in [0.717, 1.165) is 12.8 Å². The van der Waals surface area contributed by atoms with Gasteiger partial charge in [-0.1, -0.05) is 6.42 Å². The first-order valence-electron chi connectivity index (χ1n) is 5.41. The van der Waals surface area contributed by atoms with Crippen LogP contribution in [0.2, 0.25) is 0 Å². The molecule has 0 aromatic heterocycles. The van der Waals surface area contributed by atoms with E-state index in [1.165, 1.54) is 12.2 Å². The van der Waals surface area contributed by atoms with Crippen LogP contribution in [-0.4, -0.2) is 30.2 Å². The number of carbonyl (C=O) groups is 1. The Kier molecular flexibility index (Phi) is 7.65. The minimum absolute atomic E-state index is 0.313. The minimum Gasteiger partial charge on any atom is -0.444 e. The summed E-state index contributed by atoms with van der Waals surface area (Å²) in [6, 6.07) is 0. The second kappa shape index (κ2) is 7.85. The molecule has 0 aliphatic heterocycles. The topological polar surface area (TPSA) is 38.3 Å². The molecule has 4 heteroatoms. The number of nitrogens with one attached hydrogen (secondary N) is 1. The number of carbonyl (C=O) groups excluding carboxylic acids is 1. The van der Waals surface area contributed by atoms with Crippen molar-refractivity contribution in [1.82, 2.24) is 5.32 Å². The van der Waals surface area contributed by atoms with Crippen LogP contribution >= 0.6 is 11.8 Å². The van der Waals surface area contributed by atoms with Gasteiger partial charge < -0.3 is 10.1 Å². The lowest BCUT2D eigenvalue weighted by molar-refractivity contribution is 0.0527. The molecule has 0 aromatic rings. The van der Waals surface area contributed by atoms with Gasteiger partial charge in [0.1, 0.15) is 5.60 Å². The summed E-state index contributed by atoms with van der Waals surface area (Å²) >= 11 is 1.86. The molecule has 0 saturated heterocycles. The van der Waals surface area contributed by atoms with Crippen LogP contribution < -0.4 is 5.32 Å². The van der Waals surface area contributed by atoms with E-state index in [9.17, 15) is 4.79 Å². The first-order valence-corrected chi connectivity index (χ1v) is 6.81. The van der Waals surface area contributed by atoms with Gasteiger partial charge in [-0.2, -0.15) is 11.8 Å². The van der Waals surface area contributed by atoms with Gasteiger partial charge in [-0.25, -0.2) is 4.79 Å². The largest absolute Gasteiger partial charge is 0.444 e. The fourth-order valence-corrected chi connectivity index (χ4v) is 1.55. The number of alkyl carbamates (subject to hydrolysis) is 1. The van der Waals surface area contributed by atoms with Gasteiger partial charge in [0.2, 0.25) is 0 Å². The highest BCUT2D eigenvalue weighted by Gasteiger charge is 2.15. The second-order valence-corrected chi connectivity index (χ2v) is 5.47. The average Bonchev–Trinajstić information content (AvgIpc) is 2.08. The van der Waals surface area contributed by atoms with Gasteiger partial charge in [0.15, 0.2) is 0 Å². The lowest BCUT2D eigenvalue weighted by Gasteiger charge is -2.19. The molecule has 0 atom stereocenters. The summed E-state index contributed by atoms with van der Waals surface area (Å²) in [5.74, 6) is 1.20. The quantitative estimate of drug-likeness (QED) is 0.717. The molecule has 0 aromatic carbocycles.